The molecule has 1 atom stereocenters. The highest BCUT2D eigenvalue weighted by molar-refractivity contribution is 6.08. The normalized spacial score (nSPS) is 16.0. The first-order valence-electron chi connectivity index (χ1n) is 10.3. The number of benzene rings is 3. The number of rotatable bonds is 7. The SMILES string of the molecule is COc1ccc(N2C(=O)C(O)=C(CC=Cc3ccccc3)C2c2cccc([N+](=O)[O-])c2)cc1. The Balaban J connectivity index is 1.75. The Hall–Kier alpha value is -4.39. The van der Waals surface area contributed by atoms with Gasteiger partial charge in [-0.15, -0.1) is 0 Å². The number of nitrogens with zero attached hydrogens (tertiary/aromatic N) is 2. The van der Waals surface area contributed by atoms with Crippen LogP contribution in [0.4, 0.5) is 11.4 Å². The minimum absolute atomic E-state index is 0.0832. The molecule has 0 bridgehead atoms. The Morgan fingerprint density at radius 1 is 1.06 bits per heavy atom. The lowest BCUT2D eigenvalue weighted by molar-refractivity contribution is -0.384. The molecule has 0 fully saturated rings. The summed E-state index contributed by atoms with van der Waals surface area (Å²) in [5.41, 5.74) is 2.47. The van der Waals surface area contributed by atoms with Gasteiger partial charge in [-0.1, -0.05) is 54.6 Å². The molecule has 1 aliphatic rings. The number of allylic oxidation sites excluding steroid dienone is 1. The van der Waals surface area contributed by atoms with Crippen LogP contribution in [0.5, 0.6) is 5.75 Å². The lowest BCUT2D eigenvalue weighted by Crippen LogP contribution is -2.30. The van der Waals surface area contributed by atoms with Crippen LogP contribution in [0.25, 0.3) is 6.08 Å². The van der Waals surface area contributed by atoms with Gasteiger partial charge in [0.05, 0.1) is 18.1 Å². The highest BCUT2D eigenvalue weighted by Gasteiger charge is 2.41. The number of hydrogen-bond acceptors (Lipinski definition) is 5. The molecule has 0 aliphatic carbocycles. The molecule has 0 aromatic heterocycles. The van der Waals surface area contributed by atoms with Crippen LogP contribution in [0.1, 0.15) is 23.6 Å². The van der Waals surface area contributed by atoms with Crippen molar-refractivity contribution in [2.24, 2.45) is 0 Å². The van der Waals surface area contributed by atoms with Crippen LogP contribution >= 0.6 is 0 Å². The Labute approximate surface area is 191 Å². The van der Waals surface area contributed by atoms with Crippen LogP contribution in [0.15, 0.2) is 96.3 Å². The lowest BCUT2D eigenvalue weighted by atomic mass is 9.95. The molecule has 1 N–H and O–H groups in total. The number of ether oxygens (including phenoxy) is 1. The molecule has 33 heavy (non-hydrogen) atoms. The molecule has 7 nitrogen and oxygen atoms in total. The van der Waals surface area contributed by atoms with Gasteiger partial charge < -0.3 is 9.84 Å². The van der Waals surface area contributed by atoms with Crippen molar-refractivity contribution in [2.75, 3.05) is 12.0 Å². The first kappa shape index (κ1) is 21.8. The number of anilines is 1. The van der Waals surface area contributed by atoms with E-state index in [1.807, 2.05) is 42.5 Å². The molecule has 3 aromatic carbocycles. The van der Waals surface area contributed by atoms with E-state index in [2.05, 4.69) is 0 Å². The van der Waals surface area contributed by atoms with Crippen molar-refractivity contribution in [3.05, 3.63) is 118 Å². The van der Waals surface area contributed by atoms with E-state index in [1.165, 1.54) is 17.0 Å². The largest absolute Gasteiger partial charge is 0.503 e. The van der Waals surface area contributed by atoms with E-state index in [0.29, 0.717) is 29.0 Å². The van der Waals surface area contributed by atoms with Gasteiger partial charge in [-0.2, -0.15) is 0 Å². The van der Waals surface area contributed by atoms with E-state index in [0.717, 1.165) is 5.56 Å². The fourth-order valence-electron chi connectivity index (χ4n) is 3.92. The second-order valence-corrected chi connectivity index (χ2v) is 7.52. The number of aliphatic hydroxyl groups is 1. The first-order chi connectivity index (χ1) is 16.0. The molecule has 7 heteroatoms. The molecule has 4 rings (SSSR count). The lowest BCUT2D eigenvalue weighted by Gasteiger charge is -2.27. The highest BCUT2D eigenvalue weighted by atomic mass is 16.6. The third-order valence-corrected chi connectivity index (χ3v) is 5.51. The molecular formula is C26H22N2O5. The van der Waals surface area contributed by atoms with Gasteiger partial charge in [-0.3, -0.25) is 19.8 Å². The quantitative estimate of drug-likeness (QED) is 0.379. The van der Waals surface area contributed by atoms with Gasteiger partial charge in [0.2, 0.25) is 0 Å². The summed E-state index contributed by atoms with van der Waals surface area (Å²) in [5, 5.41) is 22.2. The van der Waals surface area contributed by atoms with Gasteiger partial charge in [0.25, 0.3) is 11.6 Å². The van der Waals surface area contributed by atoms with Crippen LogP contribution in [-0.4, -0.2) is 23.0 Å². The number of carbonyl (C=O) groups is 1. The molecule has 1 heterocycles. The maximum Gasteiger partial charge on any atom is 0.293 e. The Morgan fingerprint density at radius 3 is 2.45 bits per heavy atom. The van der Waals surface area contributed by atoms with Crippen molar-refractivity contribution < 1.29 is 19.6 Å². The zero-order chi connectivity index (χ0) is 23.4. The molecule has 1 aliphatic heterocycles. The number of methoxy groups -OCH3 is 1. The summed E-state index contributed by atoms with van der Waals surface area (Å²) in [6.45, 7) is 0. The number of carbonyl (C=O) groups excluding carboxylic acids is 1. The van der Waals surface area contributed by atoms with Gasteiger partial charge in [0.1, 0.15) is 5.75 Å². The number of amides is 1. The van der Waals surface area contributed by atoms with Gasteiger partial charge in [0.15, 0.2) is 5.76 Å². The number of non-ortho nitro benzene ring substituents is 1. The van der Waals surface area contributed by atoms with Crippen LogP contribution in [0.3, 0.4) is 0 Å². The van der Waals surface area contributed by atoms with E-state index in [9.17, 15) is 20.0 Å². The van der Waals surface area contributed by atoms with Crippen LogP contribution < -0.4 is 9.64 Å². The van der Waals surface area contributed by atoms with Gasteiger partial charge >= 0.3 is 0 Å². The smallest absolute Gasteiger partial charge is 0.293 e. The van der Waals surface area contributed by atoms with Crippen LogP contribution in [0, 0.1) is 10.1 Å². The molecule has 0 saturated carbocycles. The summed E-state index contributed by atoms with van der Waals surface area (Å²) in [4.78, 5) is 25.5. The number of nitro groups is 1. The van der Waals surface area contributed by atoms with E-state index in [4.69, 9.17) is 4.74 Å². The summed E-state index contributed by atoms with van der Waals surface area (Å²) in [5.74, 6) is -0.277. The maximum atomic E-state index is 13.1. The minimum atomic E-state index is -0.689. The van der Waals surface area contributed by atoms with Gasteiger partial charge in [-0.05, 0) is 41.8 Å². The molecule has 0 spiro atoms. The van der Waals surface area contributed by atoms with Crippen molar-refractivity contribution in [1.82, 2.24) is 0 Å². The summed E-state index contributed by atoms with van der Waals surface area (Å²) in [7, 11) is 1.55. The molecule has 1 unspecified atom stereocenters. The third kappa shape index (κ3) is 4.48. The fraction of sp³-hybridized carbons (Fsp3) is 0.115. The second kappa shape index (κ2) is 9.40. The van der Waals surface area contributed by atoms with E-state index >= 15 is 0 Å². The highest BCUT2D eigenvalue weighted by Crippen LogP contribution is 2.43. The standard InChI is InChI=1S/C26H22N2O5/c1-33-22-15-13-20(14-16-22)27-24(19-10-6-11-21(17-19)28(31)32)23(25(29)26(27)30)12-5-9-18-7-3-2-4-8-18/h2-11,13-17,24,29H,12H2,1H3. The summed E-state index contributed by atoms with van der Waals surface area (Å²) in [6, 6.07) is 22.0. The molecular weight excluding hydrogens is 420 g/mol. The number of hydrogen-bond donors (Lipinski definition) is 1. The number of nitro benzene ring substituents is 1. The van der Waals surface area contributed by atoms with E-state index in [-0.39, 0.29) is 11.4 Å². The van der Waals surface area contributed by atoms with E-state index < -0.39 is 16.9 Å². The maximum absolute atomic E-state index is 13.1. The fourth-order valence-corrected chi connectivity index (χ4v) is 3.92. The molecule has 1 amide bonds. The third-order valence-electron chi connectivity index (χ3n) is 5.51. The van der Waals surface area contributed by atoms with Crippen molar-refractivity contribution in [3.63, 3.8) is 0 Å². The summed E-state index contributed by atoms with van der Waals surface area (Å²) in [6.07, 6.45) is 4.08. The minimum Gasteiger partial charge on any atom is -0.503 e. The summed E-state index contributed by atoms with van der Waals surface area (Å²) < 4.78 is 5.20. The van der Waals surface area contributed by atoms with Gasteiger partial charge in [-0.25, -0.2) is 0 Å². The average Bonchev–Trinajstić information content (AvgIpc) is 3.10. The Bertz CT molecular complexity index is 1230. The van der Waals surface area contributed by atoms with Crippen LogP contribution in [0.2, 0.25) is 0 Å². The Kier molecular flexibility index (Phi) is 6.22. The topological polar surface area (TPSA) is 92.9 Å². The monoisotopic (exact) mass is 442 g/mol. The zero-order valence-corrected chi connectivity index (χ0v) is 17.9. The first-order valence-corrected chi connectivity index (χ1v) is 10.3. The number of aliphatic hydroxyl groups excluding tert-OH is 1. The van der Waals surface area contributed by atoms with Crippen molar-refractivity contribution in [1.29, 1.82) is 0 Å². The van der Waals surface area contributed by atoms with Crippen molar-refractivity contribution in [3.8, 4) is 5.75 Å². The molecule has 3 aromatic rings. The second-order valence-electron chi connectivity index (χ2n) is 7.52. The predicted molar refractivity (Wildman–Crippen MR) is 126 cm³/mol. The van der Waals surface area contributed by atoms with Crippen molar-refractivity contribution in [2.45, 2.75) is 12.5 Å². The molecule has 166 valence electrons. The van der Waals surface area contributed by atoms with Gasteiger partial charge in [0, 0.05) is 23.4 Å². The Morgan fingerprint density at radius 2 is 1.79 bits per heavy atom. The predicted octanol–water partition coefficient (Wildman–Crippen LogP) is 5.61. The molecule has 0 radical (unpaired) electrons. The van der Waals surface area contributed by atoms with Crippen LogP contribution in [-0.2, 0) is 4.79 Å². The van der Waals surface area contributed by atoms with Crippen molar-refractivity contribution >= 4 is 23.4 Å². The molecule has 0 saturated heterocycles. The summed E-state index contributed by atoms with van der Waals surface area (Å²) >= 11 is 0. The zero-order valence-electron chi connectivity index (χ0n) is 17.9. The van der Waals surface area contributed by atoms with E-state index in [1.54, 1.807) is 43.5 Å². The average molecular weight is 442 g/mol.